The van der Waals surface area contributed by atoms with Crippen LogP contribution in [0.25, 0.3) is 0 Å². The van der Waals surface area contributed by atoms with E-state index >= 15 is 0 Å². The van der Waals surface area contributed by atoms with Crippen LogP contribution >= 0.6 is 11.6 Å². The van der Waals surface area contributed by atoms with Crippen LogP contribution in [0.3, 0.4) is 0 Å². The first-order valence-electron chi connectivity index (χ1n) is 8.73. The van der Waals surface area contributed by atoms with Gasteiger partial charge >= 0.3 is 0 Å². The van der Waals surface area contributed by atoms with Crippen LogP contribution < -0.4 is 10.1 Å². The monoisotopic (exact) mass is 395 g/mol. The molecule has 0 saturated carbocycles. The van der Waals surface area contributed by atoms with Gasteiger partial charge in [-0.2, -0.15) is 0 Å². The summed E-state index contributed by atoms with van der Waals surface area (Å²) < 4.78 is 19.4. The van der Waals surface area contributed by atoms with Crippen molar-refractivity contribution < 1.29 is 13.9 Å². The Bertz CT molecular complexity index is 979. The first-order chi connectivity index (χ1) is 13.5. The summed E-state index contributed by atoms with van der Waals surface area (Å²) in [5, 5.41) is 3.36. The Balaban J connectivity index is 1.62. The summed E-state index contributed by atoms with van der Waals surface area (Å²) in [5.41, 5.74) is 2.81. The van der Waals surface area contributed by atoms with Gasteiger partial charge < -0.3 is 10.1 Å². The Labute approximate surface area is 168 Å². The summed E-state index contributed by atoms with van der Waals surface area (Å²) in [5.74, 6) is -0.135. The fourth-order valence-corrected chi connectivity index (χ4v) is 2.74. The quantitative estimate of drug-likeness (QED) is 0.383. The zero-order valence-electron chi connectivity index (χ0n) is 15.3. The predicted octanol–water partition coefficient (Wildman–Crippen LogP) is 6.18. The maximum Gasteiger partial charge on any atom is 0.187 e. The van der Waals surface area contributed by atoms with Gasteiger partial charge in [-0.05, 0) is 43.3 Å². The van der Waals surface area contributed by atoms with E-state index in [0.717, 1.165) is 5.69 Å². The van der Waals surface area contributed by atoms with Gasteiger partial charge in [-0.15, -0.1) is 0 Å². The highest BCUT2D eigenvalue weighted by atomic mass is 35.5. The molecule has 0 saturated heterocycles. The molecule has 0 bridgehead atoms. The number of carbonyl (C=O) groups is 1. The third kappa shape index (κ3) is 5.21. The number of ether oxygens (including phenoxy) is 1. The van der Waals surface area contributed by atoms with Gasteiger partial charge in [-0.1, -0.05) is 47.5 Å². The number of allylic oxidation sites excluding steroid dienone is 1. The molecule has 3 nitrogen and oxygen atoms in total. The van der Waals surface area contributed by atoms with Gasteiger partial charge in [0.2, 0.25) is 0 Å². The number of aryl methyl sites for hydroxylation is 1. The van der Waals surface area contributed by atoms with E-state index in [1.807, 2.05) is 31.2 Å². The molecule has 3 aromatic rings. The lowest BCUT2D eigenvalue weighted by atomic mass is 10.1. The zero-order chi connectivity index (χ0) is 19.9. The Kier molecular flexibility index (Phi) is 6.45. The minimum Gasteiger partial charge on any atom is -0.489 e. The molecule has 1 N–H and O–H groups in total. The molecule has 0 unspecified atom stereocenters. The van der Waals surface area contributed by atoms with Crippen molar-refractivity contribution in [3.05, 3.63) is 107 Å². The third-order valence-corrected chi connectivity index (χ3v) is 4.45. The summed E-state index contributed by atoms with van der Waals surface area (Å²) in [4.78, 5) is 12.4. The molecule has 28 heavy (non-hydrogen) atoms. The lowest BCUT2D eigenvalue weighted by molar-refractivity contribution is 0.104. The molecule has 3 aromatic carbocycles. The lowest BCUT2D eigenvalue weighted by Crippen LogP contribution is -2.01. The van der Waals surface area contributed by atoms with E-state index in [1.54, 1.807) is 36.5 Å². The summed E-state index contributed by atoms with van der Waals surface area (Å²) in [6.07, 6.45) is 3.05. The average Bonchev–Trinajstić information content (AvgIpc) is 2.69. The molecule has 0 amide bonds. The molecule has 0 atom stereocenters. The van der Waals surface area contributed by atoms with Gasteiger partial charge in [-0.25, -0.2) is 4.39 Å². The molecule has 0 radical (unpaired) electrons. The molecule has 0 aliphatic rings. The summed E-state index contributed by atoms with van der Waals surface area (Å²) in [6.45, 7) is 1.99. The van der Waals surface area contributed by atoms with Crippen LogP contribution in [-0.4, -0.2) is 5.78 Å². The van der Waals surface area contributed by atoms with E-state index in [2.05, 4.69) is 5.32 Å². The van der Waals surface area contributed by atoms with Crippen LogP contribution in [0.4, 0.5) is 10.1 Å². The molecule has 0 fully saturated rings. The van der Waals surface area contributed by atoms with Crippen LogP contribution in [0.15, 0.2) is 79.0 Å². The number of anilines is 1. The van der Waals surface area contributed by atoms with E-state index in [-0.39, 0.29) is 18.0 Å². The van der Waals surface area contributed by atoms with Crippen LogP contribution in [-0.2, 0) is 6.61 Å². The fraction of sp³-hybridized carbons (Fsp3) is 0.0870. The van der Waals surface area contributed by atoms with E-state index in [1.165, 1.54) is 23.8 Å². The van der Waals surface area contributed by atoms with Crippen molar-refractivity contribution in [2.24, 2.45) is 0 Å². The number of carbonyl (C=O) groups excluding carboxylic acids is 1. The summed E-state index contributed by atoms with van der Waals surface area (Å²) >= 11 is 6.00. The Hall–Kier alpha value is -3.11. The summed E-state index contributed by atoms with van der Waals surface area (Å²) in [6, 6.07) is 19.1. The van der Waals surface area contributed by atoms with Gasteiger partial charge in [0.25, 0.3) is 0 Å². The van der Waals surface area contributed by atoms with E-state index in [4.69, 9.17) is 16.3 Å². The average molecular weight is 396 g/mol. The minimum atomic E-state index is -0.426. The second kappa shape index (κ2) is 9.20. The standard InChI is InChI=1S/C23H19ClFNO2/c1-16-8-10-18(11-9-16)26-13-12-23(27)17-4-2-5-19(14-17)28-15-20-21(24)6-3-7-22(20)25/h2-14,26H,15H2,1H3. The third-order valence-electron chi connectivity index (χ3n) is 4.10. The second-order valence-corrected chi connectivity index (χ2v) is 6.63. The largest absolute Gasteiger partial charge is 0.489 e. The topological polar surface area (TPSA) is 38.3 Å². The summed E-state index contributed by atoms with van der Waals surface area (Å²) in [7, 11) is 0. The zero-order valence-corrected chi connectivity index (χ0v) is 16.0. The van der Waals surface area contributed by atoms with Crippen molar-refractivity contribution in [1.82, 2.24) is 0 Å². The number of hydrogen-bond donors (Lipinski definition) is 1. The van der Waals surface area contributed by atoms with E-state index in [0.29, 0.717) is 16.3 Å². The lowest BCUT2D eigenvalue weighted by Gasteiger charge is -2.09. The van der Waals surface area contributed by atoms with Crippen molar-refractivity contribution in [3.8, 4) is 5.75 Å². The van der Waals surface area contributed by atoms with Gasteiger partial charge in [0, 0.05) is 29.1 Å². The first kappa shape index (κ1) is 19.6. The number of ketones is 1. The smallest absolute Gasteiger partial charge is 0.187 e. The first-order valence-corrected chi connectivity index (χ1v) is 9.10. The molecule has 0 spiro atoms. The number of nitrogens with one attached hydrogen (secondary N) is 1. The Morgan fingerprint density at radius 3 is 2.61 bits per heavy atom. The number of halogens is 2. The number of rotatable bonds is 7. The van der Waals surface area contributed by atoms with Gasteiger partial charge in [0.15, 0.2) is 5.78 Å². The van der Waals surface area contributed by atoms with E-state index < -0.39 is 5.82 Å². The Morgan fingerprint density at radius 2 is 1.86 bits per heavy atom. The molecule has 142 valence electrons. The van der Waals surface area contributed by atoms with Crippen molar-refractivity contribution in [2.75, 3.05) is 5.32 Å². The van der Waals surface area contributed by atoms with Crippen molar-refractivity contribution in [2.45, 2.75) is 13.5 Å². The normalized spacial score (nSPS) is 10.8. The maximum atomic E-state index is 13.8. The van der Waals surface area contributed by atoms with Crippen molar-refractivity contribution >= 4 is 23.1 Å². The molecular weight excluding hydrogens is 377 g/mol. The second-order valence-electron chi connectivity index (χ2n) is 6.22. The molecule has 5 heteroatoms. The van der Waals surface area contributed by atoms with Crippen LogP contribution in [0, 0.1) is 12.7 Å². The predicted molar refractivity (Wildman–Crippen MR) is 110 cm³/mol. The Morgan fingerprint density at radius 1 is 1.11 bits per heavy atom. The van der Waals surface area contributed by atoms with Crippen LogP contribution in [0.2, 0.25) is 5.02 Å². The fourth-order valence-electron chi connectivity index (χ4n) is 2.52. The number of benzene rings is 3. The van der Waals surface area contributed by atoms with E-state index in [9.17, 15) is 9.18 Å². The van der Waals surface area contributed by atoms with Gasteiger partial charge in [0.1, 0.15) is 18.2 Å². The van der Waals surface area contributed by atoms with Crippen molar-refractivity contribution in [1.29, 1.82) is 0 Å². The molecular formula is C23H19ClFNO2. The van der Waals surface area contributed by atoms with Gasteiger partial charge in [-0.3, -0.25) is 4.79 Å². The van der Waals surface area contributed by atoms with Crippen molar-refractivity contribution in [3.63, 3.8) is 0 Å². The molecule has 0 aromatic heterocycles. The highest BCUT2D eigenvalue weighted by Crippen LogP contribution is 2.22. The SMILES string of the molecule is Cc1ccc(NC=CC(=O)c2cccc(OCc3c(F)cccc3Cl)c2)cc1. The van der Waals surface area contributed by atoms with Gasteiger partial charge in [0.05, 0.1) is 5.02 Å². The van der Waals surface area contributed by atoms with Crippen LogP contribution in [0.5, 0.6) is 5.75 Å². The van der Waals surface area contributed by atoms with Crippen LogP contribution in [0.1, 0.15) is 21.5 Å². The molecule has 3 rings (SSSR count). The molecule has 0 aliphatic carbocycles. The molecule has 0 heterocycles. The molecule has 0 aliphatic heterocycles. The maximum absolute atomic E-state index is 13.8. The highest BCUT2D eigenvalue weighted by Gasteiger charge is 2.09. The minimum absolute atomic E-state index is 0.0199. The highest BCUT2D eigenvalue weighted by molar-refractivity contribution is 6.31. The number of hydrogen-bond acceptors (Lipinski definition) is 3.